The first kappa shape index (κ1) is 34.2. The van der Waals surface area contributed by atoms with Crippen LogP contribution in [0.1, 0.15) is 23.7 Å². The first-order chi connectivity index (χ1) is 3.41. The lowest BCUT2D eigenvalue weighted by molar-refractivity contribution is 0.406. The fourth-order valence-corrected chi connectivity index (χ4v) is 0.0680. The zero-order valence-electron chi connectivity index (χ0n) is 4.13. The Kier molecular flexibility index (Phi) is 272. The third-order valence-electron chi connectivity index (χ3n) is 0.192. The third-order valence-corrected chi connectivity index (χ3v) is 0.192. The van der Waals surface area contributed by atoms with Gasteiger partial charge in [0.1, 0.15) is 0 Å². The molecule has 0 heterocycles. The van der Waals surface area contributed by atoms with E-state index in [-0.39, 0.29) is 23.7 Å². The van der Waals surface area contributed by atoms with Gasteiger partial charge in [0.25, 0.3) is 0 Å². The molecule has 0 aliphatic rings. The van der Waals surface area contributed by atoms with E-state index in [1.807, 2.05) is 0 Å². The molecule has 0 aliphatic heterocycles. The molecular formula is C7H20B2O. The second-order valence-corrected chi connectivity index (χ2v) is 0.469. The highest BCUT2D eigenvalue weighted by Crippen LogP contribution is 1.65. The maximum atomic E-state index is 4.36. The predicted molar refractivity (Wildman–Crippen MR) is 55.3 cm³/mol. The fraction of sp³-hybridized carbons (Fsp3) is 0.429. The van der Waals surface area contributed by atoms with Crippen LogP contribution >= 0.6 is 0 Å². The van der Waals surface area contributed by atoms with E-state index in [1.54, 1.807) is 0 Å². The summed E-state index contributed by atoms with van der Waals surface area (Å²) in [6.45, 7) is 6.51. The molecule has 0 aromatic rings. The van der Waals surface area contributed by atoms with Crippen LogP contribution < -0.4 is 0 Å². The Labute approximate surface area is 70.5 Å². The Hall–Kier alpha value is -0.590. The molecule has 0 fully saturated rings. The van der Waals surface area contributed by atoms with E-state index in [0.717, 1.165) is 0 Å². The molecule has 0 spiro atoms. The van der Waals surface area contributed by atoms with E-state index >= 15 is 0 Å². The molecule has 0 atom stereocenters. The van der Waals surface area contributed by atoms with Crippen LogP contribution in [0.3, 0.4) is 0 Å². The van der Waals surface area contributed by atoms with Gasteiger partial charge in [-0.3, -0.25) is 0 Å². The van der Waals surface area contributed by atoms with E-state index in [1.165, 1.54) is 12.5 Å². The molecule has 0 saturated heterocycles. The van der Waals surface area contributed by atoms with Gasteiger partial charge in [-0.05, 0) is 0 Å². The Morgan fingerprint density at radius 2 is 1.20 bits per heavy atom. The summed E-state index contributed by atoms with van der Waals surface area (Å²) in [6.07, 6.45) is 2.62. The van der Waals surface area contributed by atoms with Gasteiger partial charge in [-0.1, -0.05) is 35.4 Å². The SMILES string of the molecule is C.C.C.C=COC=C.[B][B].[HH]. The Morgan fingerprint density at radius 1 is 1.00 bits per heavy atom. The molecule has 0 aliphatic carbocycles. The van der Waals surface area contributed by atoms with E-state index in [2.05, 4.69) is 33.4 Å². The van der Waals surface area contributed by atoms with Crippen LogP contribution in [0.25, 0.3) is 0 Å². The minimum atomic E-state index is 0. The molecule has 1 nitrogen and oxygen atoms in total. The average Bonchev–Trinajstić information content (AvgIpc) is 1.75. The average molecular weight is 142 g/mol. The van der Waals surface area contributed by atoms with Crippen LogP contribution in [0.15, 0.2) is 25.7 Å². The van der Waals surface area contributed by atoms with Crippen molar-refractivity contribution >= 4 is 15.5 Å². The monoisotopic (exact) mass is 142 g/mol. The summed E-state index contributed by atoms with van der Waals surface area (Å²) < 4.78 is 4.36. The summed E-state index contributed by atoms with van der Waals surface area (Å²) in [5, 5.41) is 0. The van der Waals surface area contributed by atoms with Gasteiger partial charge in [0.15, 0.2) is 0 Å². The lowest BCUT2D eigenvalue weighted by atomic mass is 9.81. The second-order valence-electron chi connectivity index (χ2n) is 0.469. The quantitative estimate of drug-likeness (QED) is 0.425. The molecule has 0 rings (SSSR count). The zero-order valence-corrected chi connectivity index (χ0v) is 4.13. The highest BCUT2D eigenvalue weighted by atomic mass is 16.5. The van der Waals surface area contributed by atoms with Crippen molar-refractivity contribution in [1.82, 2.24) is 0 Å². The summed E-state index contributed by atoms with van der Waals surface area (Å²) >= 11 is 0. The number of rotatable bonds is 2. The fourth-order valence-electron chi connectivity index (χ4n) is 0.0680. The van der Waals surface area contributed by atoms with Crippen molar-refractivity contribution in [2.24, 2.45) is 0 Å². The van der Waals surface area contributed by atoms with Gasteiger partial charge in [-0.2, -0.15) is 0 Å². The maximum absolute atomic E-state index is 4.36. The highest BCUT2D eigenvalue weighted by molar-refractivity contribution is 6.75. The van der Waals surface area contributed by atoms with E-state index in [0.29, 0.717) is 0 Å². The van der Waals surface area contributed by atoms with Crippen molar-refractivity contribution in [3.05, 3.63) is 25.7 Å². The molecular weight excluding hydrogens is 122 g/mol. The second kappa shape index (κ2) is 79.5. The van der Waals surface area contributed by atoms with Gasteiger partial charge in [0, 0.05) is 16.9 Å². The van der Waals surface area contributed by atoms with Gasteiger partial charge < -0.3 is 4.74 Å². The normalized spacial score (nSPS) is 3.20. The van der Waals surface area contributed by atoms with E-state index in [4.69, 9.17) is 0 Å². The molecule has 0 saturated carbocycles. The van der Waals surface area contributed by atoms with Crippen molar-refractivity contribution < 1.29 is 6.16 Å². The molecule has 0 aromatic carbocycles. The minimum Gasteiger partial charge on any atom is -0.474 e. The zero-order chi connectivity index (χ0) is 6.12. The first-order valence-corrected chi connectivity index (χ1v) is 1.62. The molecule has 0 amide bonds. The van der Waals surface area contributed by atoms with Crippen LogP contribution in [0.2, 0.25) is 0 Å². The van der Waals surface area contributed by atoms with Gasteiger partial charge in [0.05, 0.1) is 12.5 Å². The Balaban J connectivity index is -0.00000000972. The topological polar surface area (TPSA) is 9.23 Å². The lowest BCUT2D eigenvalue weighted by Gasteiger charge is -1.76. The minimum absolute atomic E-state index is 0. The largest absolute Gasteiger partial charge is 0.474 e. The van der Waals surface area contributed by atoms with Gasteiger partial charge >= 0.3 is 0 Å². The molecule has 0 aromatic heterocycles. The van der Waals surface area contributed by atoms with E-state index < -0.39 is 0 Å². The summed E-state index contributed by atoms with van der Waals surface area (Å²) in [7, 11) is 8.00. The third kappa shape index (κ3) is 153. The van der Waals surface area contributed by atoms with Crippen molar-refractivity contribution in [3.8, 4) is 0 Å². The number of hydrogen-bond acceptors (Lipinski definition) is 1. The molecule has 0 N–H and O–H groups in total. The smallest absolute Gasteiger partial charge is 0.0829 e. The molecule has 3 heteroatoms. The summed E-state index contributed by atoms with van der Waals surface area (Å²) in [5.41, 5.74) is 0. The lowest BCUT2D eigenvalue weighted by Crippen LogP contribution is -1.52. The molecule has 10 heavy (non-hydrogen) atoms. The summed E-state index contributed by atoms with van der Waals surface area (Å²) in [6, 6.07) is 0. The van der Waals surface area contributed by atoms with Crippen molar-refractivity contribution in [1.29, 1.82) is 0 Å². The first-order valence-electron chi connectivity index (χ1n) is 1.62. The van der Waals surface area contributed by atoms with Crippen LogP contribution in [-0.2, 0) is 4.74 Å². The Bertz CT molecular complexity index is 45.7. The molecule has 0 bridgehead atoms. The standard InChI is InChI=1S/C4H6O.3CH4.B2.H2/c1-3-5-4-2;;;;1-2;/h3-4H,1-2H2;3*1H4;;1H. The van der Waals surface area contributed by atoms with Crippen LogP contribution in [0, 0.1) is 0 Å². The van der Waals surface area contributed by atoms with Crippen LogP contribution in [-0.4, -0.2) is 15.5 Å². The van der Waals surface area contributed by atoms with Crippen LogP contribution in [0.4, 0.5) is 0 Å². The predicted octanol–water partition coefficient (Wildman–Crippen LogP) is 2.68. The van der Waals surface area contributed by atoms with Crippen molar-refractivity contribution in [2.75, 3.05) is 0 Å². The van der Waals surface area contributed by atoms with E-state index in [9.17, 15) is 0 Å². The molecule has 4 radical (unpaired) electrons. The number of hydrogen-bond donors (Lipinski definition) is 0. The van der Waals surface area contributed by atoms with Crippen molar-refractivity contribution in [2.45, 2.75) is 22.3 Å². The molecule has 60 valence electrons. The van der Waals surface area contributed by atoms with Gasteiger partial charge in [-0.25, -0.2) is 0 Å². The maximum Gasteiger partial charge on any atom is 0.0829 e. The summed E-state index contributed by atoms with van der Waals surface area (Å²) in [4.78, 5) is 0. The highest BCUT2D eigenvalue weighted by Gasteiger charge is 1.45. The van der Waals surface area contributed by atoms with Gasteiger partial charge in [-0.15, -0.1) is 0 Å². The Morgan fingerprint density at radius 3 is 1.20 bits per heavy atom. The van der Waals surface area contributed by atoms with Crippen molar-refractivity contribution in [3.63, 3.8) is 0 Å². The van der Waals surface area contributed by atoms with Crippen LogP contribution in [0.5, 0.6) is 0 Å². The van der Waals surface area contributed by atoms with Gasteiger partial charge in [0.2, 0.25) is 0 Å². The number of ether oxygens (including phenoxy) is 1. The summed E-state index contributed by atoms with van der Waals surface area (Å²) in [5.74, 6) is 0. The molecule has 0 unspecified atom stereocenters.